The van der Waals surface area contributed by atoms with Crippen LogP contribution in [0.2, 0.25) is 5.02 Å². The molecule has 1 unspecified atom stereocenters. The molecule has 1 atom stereocenters. The number of rotatable bonds is 4. The fraction of sp³-hybridized carbons (Fsp3) is 0.400. The molecule has 2 N–H and O–H groups in total. The summed E-state index contributed by atoms with van der Waals surface area (Å²) in [7, 11) is 0. The molecular formula is C15H17ClFNO3. The molecule has 6 heteroatoms. The maximum Gasteiger partial charge on any atom is 0.250 e. The highest BCUT2D eigenvalue weighted by Crippen LogP contribution is 2.21. The summed E-state index contributed by atoms with van der Waals surface area (Å²) in [6.45, 7) is 2.37. The first-order chi connectivity index (χ1) is 9.99. The maximum absolute atomic E-state index is 13.3. The lowest BCUT2D eigenvalue weighted by molar-refractivity contribution is -0.118. The lowest BCUT2D eigenvalue weighted by atomic mass is 10.1. The Balaban J connectivity index is 1.95. The van der Waals surface area contributed by atoms with Gasteiger partial charge in [-0.05, 0) is 37.5 Å². The first kappa shape index (κ1) is 15.8. The molecule has 1 aromatic carbocycles. The molecule has 0 saturated carbocycles. The zero-order valence-corrected chi connectivity index (χ0v) is 12.4. The van der Waals surface area contributed by atoms with Gasteiger partial charge in [0.25, 0.3) is 5.91 Å². The van der Waals surface area contributed by atoms with Gasteiger partial charge in [-0.3, -0.25) is 4.79 Å². The van der Waals surface area contributed by atoms with Crippen molar-refractivity contribution in [1.82, 2.24) is 5.32 Å². The SMILES string of the molecule is CC1=C(C(=O)NCC(O)c2ccc(Cl)c(F)c2)CCCO1. The number of hydrogen-bond donors (Lipinski definition) is 2. The highest BCUT2D eigenvalue weighted by Gasteiger charge is 2.19. The number of halogens is 2. The number of hydrogen-bond acceptors (Lipinski definition) is 3. The van der Waals surface area contributed by atoms with Gasteiger partial charge in [-0.2, -0.15) is 0 Å². The monoisotopic (exact) mass is 313 g/mol. The van der Waals surface area contributed by atoms with E-state index < -0.39 is 11.9 Å². The van der Waals surface area contributed by atoms with Gasteiger partial charge in [0.2, 0.25) is 0 Å². The van der Waals surface area contributed by atoms with Gasteiger partial charge in [0.05, 0.1) is 23.3 Å². The minimum Gasteiger partial charge on any atom is -0.498 e. The Labute approximate surface area is 127 Å². The van der Waals surface area contributed by atoms with Gasteiger partial charge >= 0.3 is 0 Å². The van der Waals surface area contributed by atoms with Crippen molar-refractivity contribution in [3.8, 4) is 0 Å². The Hall–Kier alpha value is -1.59. The largest absolute Gasteiger partial charge is 0.498 e. The van der Waals surface area contributed by atoms with Crippen LogP contribution in [0.1, 0.15) is 31.4 Å². The minimum absolute atomic E-state index is 0.00329. The number of carbonyl (C=O) groups excluding carboxylic acids is 1. The topological polar surface area (TPSA) is 58.6 Å². The van der Waals surface area contributed by atoms with Gasteiger partial charge < -0.3 is 15.2 Å². The van der Waals surface area contributed by atoms with Crippen molar-refractivity contribution in [2.24, 2.45) is 0 Å². The van der Waals surface area contributed by atoms with E-state index in [0.717, 1.165) is 12.5 Å². The van der Waals surface area contributed by atoms with Crippen LogP contribution < -0.4 is 5.32 Å². The quantitative estimate of drug-likeness (QED) is 0.898. The van der Waals surface area contributed by atoms with Crippen LogP contribution in [0.25, 0.3) is 0 Å². The molecule has 1 aliphatic rings. The molecule has 0 saturated heterocycles. The van der Waals surface area contributed by atoms with Crippen LogP contribution >= 0.6 is 11.6 Å². The summed E-state index contributed by atoms with van der Waals surface area (Å²) < 4.78 is 18.7. The molecule has 2 rings (SSSR count). The van der Waals surface area contributed by atoms with Gasteiger partial charge in [0.15, 0.2) is 0 Å². The molecule has 0 radical (unpaired) electrons. The molecule has 1 amide bonds. The summed E-state index contributed by atoms with van der Waals surface area (Å²) in [5, 5.41) is 12.6. The Kier molecular flexibility index (Phi) is 5.20. The van der Waals surface area contributed by atoms with Crippen molar-refractivity contribution in [3.05, 3.63) is 45.9 Å². The Morgan fingerprint density at radius 3 is 3.00 bits per heavy atom. The molecule has 1 heterocycles. The van der Waals surface area contributed by atoms with Crippen molar-refractivity contribution in [1.29, 1.82) is 0 Å². The van der Waals surface area contributed by atoms with Crippen LogP contribution in [0.4, 0.5) is 4.39 Å². The number of ether oxygens (including phenoxy) is 1. The Bertz CT molecular complexity index is 574. The summed E-state index contributed by atoms with van der Waals surface area (Å²) in [5.74, 6) is -0.245. The zero-order chi connectivity index (χ0) is 15.4. The van der Waals surface area contributed by atoms with Crippen LogP contribution in [0.3, 0.4) is 0 Å². The molecule has 21 heavy (non-hydrogen) atoms. The van der Waals surface area contributed by atoms with E-state index in [1.54, 1.807) is 6.92 Å². The smallest absolute Gasteiger partial charge is 0.250 e. The van der Waals surface area contributed by atoms with Crippen molar-refractivity contribution in [2.75, 3.05) is 13.2 Å². The van der Waals surface area contributed by atoms with E-state index in [1.807, 2.05) is 0 Å². The average Bonchev–Trinajstić information content (AvgIpc) is 2.47. The predicted molar refractivity (Wildman–Crippen MR) is 77.3 cm³/mol. The molecular weight excluding hydrogens is 297 g/mol. The molecule has 0 fully saturated rings. The van der Waals surface area contributed by atoms with Gasteiger partial charge in [-0.25, -0.2) is 4.39 Å². The van der Waals surface area contributed by atoms with Crippen LogP contribution in [-0.4, -0.2) is 24.2 Å². The van der Waals surface area contributed by atoms with Gasteiger partial charge in [-0.1, -0.05) is 17.7 Å². The third kappa shape index (κ3) is 3.95. The van der Waals surface area contributed by atoms with Gasteiger partial charge in [0.1, 0.15) is 11.6 Å². The molecule has 4 nitrogen and oxygen atoms in total. The molecule has 114 valence electrons. The van der Waals surface area contributed by atoms with Crippen molar-refractivity contribution >= 4 is 17.5 Å². The summed E-state index contributed by atoms with van der Waals surface area (Å²) in [6, 6.07) is 4.06. The van der Waals surface area contributed by atoms with Crippen molar-refractivity contribution in [2.45, 2.75) is 25.9 Å². The van der Waals surface area contributed by atoms with Crippen LogP contribution in [0.5, 0.6) is 0 Å². The number of carbonyl (C=O) groups is 1. The van der Waals surface area contributed by atoms with E-state index >= 15 is 0 Å². The number of aliphatic hydroxyl groups is 1. The van der Waals surface area contributed by atoms with E-state index in [9.17, 15) is 14.3 Å². The lowest BCUT2D eigenvalue weighted by Gasteiger charge is -2.19. The minimum atomic E-state index is -0.994. The second kappa shape index (κ2) is 6.91. The maximum atomic E-state index is 13.3. The highest BCUT2D eigenvalue weighted by molar-refractivity contribution is 6.30. The van der Waals surface area contributed by atoms with E-state index in [4.69, 9.17) is 16.3 Å². The van der Waals surface area contributed by atoms with Crippen molar-refractivity contribution in [3.63, 3.8) is 0 Å². The number of aliphatic hydroxyl groups excluding tert-OH is 1. The number of amides is 1. The van der Waals surface area contributed by atoms with E-state index in [0.29, 0.717) is 29.9 Å². The third-order valence-electron chi connectivity index (χ3n) is 3.37. The Morgan fingerprint density at radius 2 is 2.33 bits per heavy atom. The molecule has 0 aromatic heterocycles. The molecule has 1 aliphatic heterocycles. The van der Waals surface area contributed by atoms with E-state index in [1.165, 1.54) is 12.1 Å². The van der Waals surface area contributed by atoms with Crippen molar-refractivity contribution < 1.29 is 19.0 Å². The molecule has 1 aromatic rings. The standard InChI is InChI=1S/C15H17ClFNO3/c1-9-11(3-2-6-21-9)15(20)18-8-14(19)10-4-5-12(16)13(17)7-10/h4-5,7,14,19H,2-3,6,8H2,1H3,(H,18,20). The van der Waals surface area contributed by atoms with Crippen LogP contribution in [0, 0.1) is 5.82 Å². The first-order valence-corrected chi connectivity index (χ1v) is 7.10. The normalized spacial score (nSPS) is 16.4. The average molecular weight is 314 g/mol. The summed E-state index contributed by atoms with van der Waals surface area (Å²) in [5.41, 5.74) is 0.957. The molecule has 0 bridgehead atoms. The number of benzene rings is 1. The molecule has 0 spiro atoms. The van der Waals surface area contributed by atoms with Gasteiger partial charge in [0, 0.05) is 6.54 Å². The number of allylic oxidation sites excluding steroid dienone is 1. The fourth-order valence-electron chi connectivity index (χ4n) is 2.14. The third-order valence-corrected chi connectivity index (χ3v) is 3.68. The first-order valence-electron chi connectivity index (χ1n) is 6.73. The van der Waals surface area contributed by atoms with Gasteiger partial charge in [-0.15, -0.1) is 0 Å². The second-order valence-corrected chi connectivity index (χ2v) is 5.29. The predicted octanol–water partition coefficient (Wildman–Crippen LogP) is 2.71. The summed E-state index contributed by atoms with van der Waals surface area (Å²) in [4.78, 5) is 12.0. The Morgan fingerprint density at radius 1 is 1.57 bits per heavy atom. The van der Waals surface area contributed by atoms with E-state index in [2.05, 4.69) is 5.32 Å². The number of nitrogens with one attached hydrogen (secondary N) is 1. The van der Waals surface area contributed by atoms with Crippen LogP contribution in [0.15, 0.2) is 29.5 Å². The summed E-state index contributed by atoms with van der Waals surface area (Å²) >= 11 is 5.58. The van der Waals surface area contributed by atoms with E-state index in [-0.39, 0.29) is 17.5 Å². The highest BCUT2D eigenvalue weighted by atomic mass is 35.5. The second-order valence-electron chi connectivity index (χ2n) is 4.89. The summed E-state index contributed by atoms with van der Waals surface area (Å²) in [6.07, 6.45) is 0.458. The molecule has 0 aliphatic carbocycles. The van der Waals surface area contributed by atoms with Crippen LogP contribution in [-0.2, 0) is 9.53 Å². The fourth-order valence-corrected chi connectivity index (χ4v) is 2.26. The lowest BCUT2D eigenvalue weighted by Crippen LogP contribution is -2.31. The zero-order valence-electron chi connectivity index (χ0n) is 11.7.